The Morgan fingerprint density at radius 1 is 1.29 bits per heavy atom. The molecule has 2 aliphatic heterocycles. The largest absolute Gasteiger partial charge is 0.387 e. The molecule has 2 aliphatic rings. The zero-order valence-electron chi connectivity index (χ0n) is 15.3. The van der Waals surface area contributed by atoms with Crippen molar-refractivity contribution >= 4 is 26.8 Å². The predicted octanol–water partition coefficient (Wildman–Crippen LogP) is -0.919. The van der Waals surface area contributed by atoms with Crippen LogP contribution in [-0.2, 0) is 19.3 Å². The van der Waals surface area contributed by atoms with E-state index >= 15 is 0 Å². The summed E-state index contributed by atoms with van der Waals surface area (Å²) in [7, 11) is -3.38. The predicted molar refractivity (Wildman–Crippen MR) is 98.4 cm³/mol. The summed E-state index contributed by atoms with van der Waals surface area (Å²) in [5, 5.41) is 24.0. The van der Waals surface area contributed by atoms with Crippen LogP contribution >= 0.6 is 0 Å². The molecule has 0 aliphatic carbocycles. The van der Waals surface area contributed by atoms with Crippen molar-refractivity contribution in [1.82, 2.24) is 19.5 Å². The minimum atomic E-state index is -3.38. The number of aliphatic hydroxyl groups is 2. The number of imidazole rings is 1. The van der Waals surface area contributed by atoms with Crippen molar-refractivity contribution in [3.05, 3.63) is 12.7 Å². The molecule has 5 atom stereocenters. The van der Waals surface area contributed by atoms with Gasteiger partial charge in [-0.05, 0) is 6.42 Å². The molecule has 4 heterocycles. The smallest absolute Gasteiger partial charge is 0.167 e. The van der Waals surface area contributed by atoms with Gasteiger partial charge in [-0.15, -0.1) is 0 Å². The zero-order chi connectivity index (χ0) is 19.9. The molecule has 0 spiro atoms. The number of ether oxygens (including phenoxy) is 2. The minimum absolute atomic E-state index is 0.0680. The second kappa shape index (κ2) is 7.52. The van der Waals surface area contributed by atoms with Crippen molar-refractivity contribution in [2.75, 3.05) is 30.0 Å². The molecule has 2 fully saturated rings. The number of fused-ring (bicyclic) bond motifs is 1. The van der Waals surface area contributed by atoms with E-state index < -0.39 is 34.4 Å². The molecule has 3 N–H and O–H groups in total. The molecule has 0 radical (unpaired) electrons. The maximum Gasteiger partial charge on any atom is 0.167 e. The van der Waals surface area contributed by atoms with Crippen LogP contribution in [0, 0.1) is 0 Å². The summed E-state index contributed by atoms with van der Waals surface area (Å²) in [4.78, 5) is 12.8. The van der Waals surface area contributed by atoms with E-state index in [4.69, 9.17) is 9.47 Å². The van der Waals surface area contributed by atoms with Crippen molar-refractivity contribution in [2.45, 2.75) is 43.9 Å². The number of rotatable bonds is 6. The fourth-order valence-electron chi connectivity index (χ4n) is 3.45. The number of aliphatic hydroxyl groups excluding tert-OH is 2. The van der Waals surface area contributed by atoms with Crippen LogP contribution in [0.5, 0.6) is 0 Å². The Morgan fingerprint density at radius 2 is 2.11 bits per heavy atom. The molecule has 2 saturated heterocycles. The van der Waals surface area contributed by atoms with E-state index in [1.807, 2.05) is 0 Å². The fraction of sp³-hybridized carbons (Fsp3) is 0.688. The number of nitrogens with one attached hydrogen (secondary N) is 1. The van der Waals surface area contributed by atoms with Crippen molar-refractivity contribution in [2.24, 2.45) is 0 Å². The lowest BCUT2D eigenvalue weighted by Crippen LogP contribution is -2.35. The standard InChI is InChI=1S/C16H23N5O6S/c1-2-28(24,25)6-10-12(22)13(23)16(27-10)21-8-19-11-14(17-7-18-15(11)21)20-9-3-4-26-5-9/h7-10,12-13,16,22-23H,2-6H2,1H3,(H,17,18,20)/t9-,10-,12+,13-,16-/m1/s1. The van der Waals surface area contributed by atoms with Crippen LogP contribution in [0.2, 0.25) is 0 Å². The van der Waals surface area contributed by atoms with Crippen LogP contribution in [0.25, 0.3) is 11.2 Å². The van der Waals surface area contributed by atoms with Crippen LogP contribution in [-0.4, -0.2) is 87.2 Å². The second-order valence-electron chi connectivity index (χ2n) is 7.00. The number of hydrogen-bond donors (Lipinski definition) is 3. The molecule has 12 heteroatoms. The van der Waals surface area contributed by atoms with Gasteiger partial charge in [-0.3, -0.25) is 4.57 Å². The van der Waals surface area contributed by atoms with Gasteiger partial charge in [-0.25, -0.2) is 23.4 Å². The van der Waals surface area contributed by atoms with E-state index in [1.165, 1.54) is 24.1 Å². The molecule has 0 unspecified atom stereocenters. The highest BCUT2D eigenvalue weighted by atomic mass is 32.2. The maximum atomic E-state index is 11.9. The summed E-state index contributed by atoms with van der Waals surface area (Å²) in [5.74, 6) is 0.105. The van der Waals surface area contributed by atoms with E-state index in [0.29, 0.717) is 30.2 Å². The van der Waals surface area contributed by atoms with Crippen LogP contribution in [0.3, 0.4) is 0 Å². The van der Waals surface area contributed by atoms with Crippen molar-refractivity contribution in [1.29, 1.82) is 0 Å². The van der Waals surface area contributed by atoms with Gasteiger partial charge in [0.2, 0.25) is 0 Å². The topological polar surface area (TPSA) is 149 Å². The molecule has 0 amide bonds. The molecule has 0 bridgehead atoms. The van der Waals surface area contributed by atoms with Crippen molar-refractivity contribution < 1.29 is 28.1 Å². The van der Waals surface area contributed by atoms with E-state index in [1.54, 1.807) is 0 Å². The van der Waals surface area contributed by atoms with Gasteiger partial charge >= 0.3 is 0 Å². The van der Waals surface area contributed by atoms with Gasteiger partial charge in [-0.1, -0.05) is 6.92 Å². The van der Waals surface area contributed by atoms with Crippen molar-refractivity contribution in [3.8, 4) is 0 Å². The molecule has 28 heavy (non-hydrogen) atoms. The molecule has 11 nitrogen and oxygen atoms in total. The summed E-state index contributed by atoms with van der Waals surface area (Å²) in [6.45, 7) is 2.79. The normalized spacial score (nSPS) is 30.9. The molecular weight excluding hydrogens is 390 g/mol. The Kier molecular flexibility index (Phi) is 5.22. The van der Waals surface area contributed by atoms with Crippen LogP contribution in [0.1, 0.15) is 19.6 Å². The molecule has 2 aromatic rings. The molecule has 154 valence electrons. The first-order valence-electron chi connectivity index (χ1n) is 9.13. The summed E-state index contributed by atoms with van der Waals surface area (Å²) in [6, 6.07) is 0.127. The average Bonchev–Trinajstić information content (AvgIpc) is 3.39. The maximum absolute atomic E-state index is 11.9. The first-order chi connectivity index (χ1) is 13.4. The number of sulfone groups is 1. The summed E-state index contributed by atoms with van der Waals surface area (Å²) < 4.78 is 36.3. The fourth-order valence-corrected chi connectivity index (χ4v) is 4.46. The number of aromatic nitrogens is 4. The van der Waals surface area contributed by atoms with E-state index in [-0.39, 0.29) is 17.5 Å². The number of nitrogens with zero attached hydrogens (tertiary/aromatic N) is 4. The minimum Gasteiger partial charge on any atom is -0.387 e. The Labute approximate surface area is 161 Å². The SMILES string of the molecule is CCS(=O)(=O)C[C@H]1O[C@@H](n2cnc3c(N[C@@H]4CCOC4)ncnc32)[C@H](O)[C@H]1O. The molecule has 0 saturated carbocycles. The van der Waals surface area contributed by atoms with E-state index in [9.17, 15) is 18.6 Å². The Bertz CT molecular complexity index is 944. The number of hydrogen-bond acceptors (Lipinski definition) is 10. The molecule has 0 aromatic carbocycles. The van der Waals surface area contributed by atoms with Gasteiger partial charge in [0, 0.05) is 12.4 Å². The van der Waals surface area contributed by atoms with Crippen LogP contribution in [0.15, 0.2) is 12.7 Å². The van der Waals surface area contributed by atoms with Gasteiger partial charge in [0.1, 0.15) is 24.6 Å². The highest BCUT2D eigenvalue weighted by Crippen LogP contribution is 2.33. The summed E-state index contributed by atoms with van der Waals surface area (Å²) >= 11 is 0. The third-order valence-corrected chi connectivity index (χ3v) is 6.81. The van der Waals surface area contributed by atoms with Crippen molar-refractivity contribution in [3.63, 3.8) is 0 Å². The van der Waals surface area contributed by atoms with Gasteiger partial charge in [0.15, 0.2) is 33.0 Å². The van der Waals surface area contributed by atoms with E-state index in [2.05, 4.69) is 20.3 Å². The van der Waals surface area contributed by atoms with Crippen LogP contribution < -0.4 is 5.32 Å². The number of anilines is 1. The van der Waals surface area contributed by atoms with E-state index in [0.717, 1.165) is 6.42 Å². The van der Waals surface area contributed by atoms with Crippen LogP contribution in [0.4, 0.5) is 5.82 Å². The summed E-state index contributed by atoms with van der Waals surface area (Å²) in [5.41, 5.74) is 0.899. The lowest BCUT2D eigenvalue weighted by Gasteiger charge is -2.17. The average molecular weight is 413 g/mol. The lowest BCUT2D eigenvalue weighted by molar-refractivity contribution is -0.0292. The highest BCUT2D eigenvalue weighted by molar-refractivity contribution is 7.91. The third-order valence-electron chi connectivity index (χ3n) is 5.10. The first-order valence-corrected chi connectivity index (χ1v) is 11.0. The quantitative estimate of drug-likeness (QED) is 0.543. The summed E-state index contributed by atoms with van der Waals surface area (Å²) in [6.07, 6.45) is -1.02. The molecule has 2 aromatic heterocycles. The Morgan fingerprint density at radius 3 is 2.82 bits per heavy atom. The second-order valence-corrected chi connectivity index (χ2v) is 9.39. The van der Waals surface area contributed by atoms with Gasteiger partial charge in [0.25, 0.3) is 0 Å². The highest BCUT2D eigenvalue weighted by Gasteiger charge is 2.45. The lowest BCUT2D eigenvalue weighted by atomic mass is 10.1. The van der Waals surface area contributed by atoms with Gasteiger partial charge in [-0.2, -0.15) is 0 Å². The monoisotopic (exact) mass is 413 g/mol. The molecular formula is C16H23N5O6S. The zero-order valence-corrected chi connectivity index (χ0v) is 16.1. The first kappa shape index (κ1) is 19.5. The Balaban J connectivity index is 1.60. The third kappa shape index (κ3) is 3.57. The molecule has 4 rings (SSSR count). The van der Waals surface area contributed by atoms with Gasteiger partial charge < -0.3 is 25.0 Å². The Hall–Kier alpha value is -1.86. The van der Waals surface area contributed by atoms with Gasteiger partial charge in [0.05, 0.1) is 24.7 Å².